The van der Waals surface area contributed by atoms with Crippen LogP contribution in [0.4, 0.5) is 5.69 Å². The van der Waals surface area contributed by atoms with E-state index in [9.17, 15) is 19.5 Å². The fraction of sp³-hybridized carbons (Fsp3) is 0.567. The van der Waals surface area contributed by atoms with Crippen LogP contribution >= 0.6 is 0 Å². The number of nitrogens with zero attached hydrogens (tertiary/aromatic N) is 3. The summed E-state index contributed by atoms with van der Waals surface area (Å²) in [5, 5.41) is 10.3. The molecule has 8 heteroatoms. The summed E-state index contributed by atoms with van der Waals surface area (Å²) in [5.41, 5.74) is -1.32. The minimum Gasteiger partial charge on any atom is -0.394 e. The Bertz CT molecular complexity index is 1090. The quantitative estimate of drug-likeness (QED) is 0.450. The summed E-state index contributed by atoms with van der Waals surface area (Å²) in [6.45, 7) is 15.6. The monoisotopic (exact) mass is 523 g/mol. The topological polar surface area (TPSA) is 90.4 Å². The van der Waals surface area contributed by atoms with E-state index in [1.165, 1.54) is 4.90 Å². The van der Waals surface area contributed by atoms with Crippen molar-refractivity contribution in [2.75, 3.05) is 24.6 Å². The van der Waals surface area contributed by atoms with E-state index in [0.29, 0.717) is 31.5 Å². The number of carbonyl (C=O) groups is 3. The van der Waals surface area contributed by atoms with E-state index in [4.69, 9.17) is 4.74 Å². The van der Waals surface area contributed by atoms with E-state index < -0.39 is 35.1 Å². The van der Waals surface area contributed by atoms with Gasteiger partial charge in [0.2, 0.25) is 17.7 Å². The summed E-state index contributed by atoms with van der Waals surface area (Å²) in [6, 6.07) is 7.72. The molecule has 1 aromatic carbocycles. The first kappa shape index (κ1) is 28.0. The fourth-order valence-electron chi connectivity index (χ4n) is 6.91. The van der Waals surface area contributed by atoms with Gasteiger partial charge < -0.3 is 24.5 Å². The summed E-state index contributed by atoms with van der Waals surface area (Å²) >= 11 is 0. The van der Waals surface area contributed by atoms with E-state index in [1.54, 1.807) is 22.0 Å². The molecule has 0 saturated carbocycles. The van der Waals surface area contributed by atoms with E-state index in [1.807, 2.05) is 58.0 Å². The Morgan fingerprint density at radius 2 is 1.82 bits per heavy atom. The van der Waals surface area contributed by atoms with Gasteiger partial charge in [-0.05, 0) is 52.2 Å². The van der Waals surface area contributed by atoms with Crippen LogP contribution in [0.2, 0.25) is 0 Å². The lowest BCUT2D eigenvalue weighted by atomic mass is 9.66. The van der Waals surface area contributed by atoms with Gasteiger partial charge in [-0.15, -0.1) is 13.2 Å². The summed E-state index contributed by atoms with van der Waals surface area (Å²) in [5.74, 6) is -2.33. The Kier molecular flexibility index (Phi) is 7.86. The number of benzene rings is 1. The zero-order valence-electron chi connectivity index (χ0n) is 23.0. The van der Waals surface area contributed by atoms with Gasteiger partial charge in [0.1, 0.15) is 11.6 Å². The highest BCUT2D eigenvalue weighted by Crippen LogP contribution is 2.64. The van der Waals surface area contributed by atoms with E-state index in [-0.39, 0.29) is 36.9 Å². The molecular weight excluding hydrogens is 482 g/mol. The summed E-state index contributed by atoms with van der Waals surface area (Å²) < 4.78 is 6.76. The first-order valence-corrected chi connectivity index (χ1v) is 13.6. The lowest BCUT2D eigenvalue weighted by molar-refractivity contribution is -0.155. The minimum atomic E-state index is -1.14. The maximum absolute atomic E-state index is 14.3. The molecule has 8 nitrogen and oxygen atoms in total. The number of ether oxygens (including phenoxy) is 1. The van der Waals surface area contributed by atoms with Gasteiger partial charge >= 0.3 is 0 Å². The second kappa shape index (κ2) is 10.7. The Morgan fingerprint density at radius 1 is 1.16 bits per heavy atom. The Balaban J connectivity index is 1.83. The number of likely N-dealkylation sites (tertiary alicyclic amines) is 1. The standard InChI is InChI=1S/C30H41N3O5/c1-7-17-31(20(4)5)28(37)25-30-16-15-29(6,38-30)23(24(30)27(36)33(25)21(9-3)19-34)26(35)32(18-8-2)22-13-11-10-12-14-22/h7-8,10-14,20-21,23-25,34H,1-2,9,15-19H2,3-6H3/t21-,23+,24-,25?,29-,30?/m0/s1. The van der Waals surface area contributed by atoms with Crippen LogP contribution in [0.3, 0.4) is 0 Å². The average molecular weight is 524 g/mol. The van der Waals surface area contributed by atoms with Gasteiger partial charge in [-0.2, -0.15) is 0 Å². The third-order valence-corrected chi connectivity index (χ3v) is 8.67. The second-order valence-electron chi connectivity index (χ2n) is 11.2. The SMILES string of the molecule is C=CCN(C(=O)[C@H]1[C@H]2C(=O)N([C@@H](CC)CO)C(C(=O)N(CC=C)C(C)C)C23CC[C@]1(C)O3)c1ccccc1. The molecule has 4 rings (SSSR count). The fourth-order valence-corrected chi connectivity index (χ4v) is 6.91. The van der Waals surface area contributed by atoms with Crippen LogP contribution in [-0.2, 0) is 19.1 Å². The van der Waals surface area contributed by atoms with E-state index >= 15 is 0 Å². The molecule has 3 aliphatic rings. The number of aliphatic hydroxyl groups excluding tert-OH is 1. The molecule has 0 aromatic heterocycles. The molecule has 38 heavy (non-hydrogen) atoms. The van der Waals surface area contributed by atoms with Crippen LogP contribution < -0.4 is 4.90 Å². The summed E-state index contributed by atoms with van der Waals surface area (Å²) in [4.78, 5) is 47.8. The van der Waals surface area contributed by atoms with Crippen molar-refractivity contribution in [2.45, 2.75) is 76.3 Å². The highest BCUT2D eigenvalue weighted by molar-refractivity contribution is 6.03. The average Bonchev–Trinajstić information content (AvgIpc) is 3.47. The summed E-state index contributed by atoms with van der Waals surface area (Å²) in [7, 11) is 0. The van der Waals surface area contributed by atoms with Crippen LogP contribution in [0.1, 0.15) is 47.0 Å². The van der Waals surface area contributed by atoms with Crippen molar-refractivity contribution in [3.05, 3.63) is 55.6 Å². The highest BCUT2D eigenvalue weighted by Gasteiger charge is 2.78. The van der Waals surface area contributed by atoms with E-state index in [2.05, 4.69) is 13.2 Å². The van der Waals surface area contributed by atoms with Crippen LogP contribution in [0, 0.1) is 11.8 Å². The van der Waals surface area contributed by atoms with Crippen molar-refractivity contribution in [3.63, 3.8) is 0 Å². The molecule has 206 valence electrons. The molecule has 3 heterocycles. The summed E-state index contributed by atoms with van der Waals surface area (Å²) in [6.07, 6.45) is 4.86. The predicted molar refractivity (Wildman–Crippen MR) is 146 cm³/mol. The predicted octanol–water partition coefficient (Wildman–Crippen LogP) is 3.16. The van der Waals surface area contributed by atoms with Gasteiger partial charge in [0.25, 0.3) is 0 Å². The zero-order chi connectivity index (χ0) is 27.8. The van der Waals surface area contributed by atoms with Crippen LogP contribution in [-0.4, -0.2) is 81.7 Å². The molecule has 6 atom stereocenters. The second-order valence-corrected chi connectivity index (χ2v) is 11.2. The van der Waals surface area contributed by atoms with Crippen LogP contribution in [0.25, 0.3) is 0 Å². The molecule has 3 aliphatic heterocycles. The third kappa shape index (κ3) is 4.18. The van der Waals surface area contributed by atoms with Crippen LogP contribution in [0.15, 0.2) is 55.6 Å². The molecule has 2 unspecified atom stereocenters. The zero-order valence-corrected chi connectivity index (χ0v) is 23.0. The molecular formula is C30H41N3O5. The lowest BCUT2D eigenvalue weighted by Gasteiger charge is -2.40. The van der Waals surface area contributed by atoms with Gasteiger partial charge in [-0.25, -0.2) is 0 Å². The maximum atomic E-state index is 14.3. The lowest BCUT2D eigenvalue weighted by Crippen LogP contribution is -2.59. The normalized spacial score (nSPS) is 30.3. The number of hydrogen-bond donors (Lipinski definition) is 1. The molecule has 0 aliphatic carbocycles. The number of para-hydroxylation sites is 1. The molecule has 1 N–H and O–H groups in total. The molecule has 3 fully saturated rings. The number of carbonyl (C=O) groups excluding carboxylic acids is 3. The number of aliphatic hydroxyl groups is 1. The highest BCUT2D eigenvalue weighted by atomic mass is 16.5. The third-order valence-electron chi connectivity index (χ3n) is 8.67. The maximum Gasteiger partial charge on any atom is 0.248 e. The molecule has 2 bridgehead atoms. The first-order valence-electron chi connectivity index (χ1n) is 13.6. The molecule has 1 aromatic rings. The molecule has 3 saturated heterocycles. The van der Waals surface area contributed by atoms with Gasteiger partial charge in [0, 0.05) is 24.8 Å². The Hall–Kier alpha value is -2.97. The van der Waals surface area contributed by atoms with Gasteiger partial charge in [0.05, 0.1) is 30.1 Å². The van der Waals surface area contributed by atoms with Gasteiger partial charge in [-0.1, -0.05) is 37.3 Å². The van der Waals surface area contributed by atoms with Crippen molar-refractivity contribution in [2.24, 2.45) is 11.8 Å². The minimum absolute atomic E-state index is 0.130. The Morgan fingerprint density at radius 3 is 2.37 bits per heavy atom. The number of amides is 3. The van der Waals surface area contributed by atoms with Crippen LogP contribution in [0.5, 0.6) is 0 Å². The molecule has 0 radical (unpaired) electrons. The largest absolute Gasteiger partial charge is 0.394 e. The first-order chi connectivity index (χ1) is 18.1. The van der Waals surface area contributed by atoms with E-state index in [0.717, 1.165) is 0 Å². The van der Waals surface area contributed by atoms with Crippen molar-refractivity contribution in [1.82, 2.24) is 9.80 Å². The molecule has 3 amide bonds. The molecule has 1 spiro atoms. The van der Waals surface area contributed by atoms with Crippen molar-refractivity contribution < 1.29 is 24.2 Å². The number of rotatable bonds is 11. The smallest absolute Gasteiger partial charge is 0.248 e. The number of fused-ring (bicyclic) bond motifs is 1. The Labute approximate surface area is 225 Å². The van der Waals surface area contributed by atoms with Crippen molar-refractivity contribution in [1.29, 1.82) is 0 Å². The number of anilines is 1. The van der Waals surface area contributed by atoms with Crippen molar-refractivity contribution in [3.8, 4) is 0 Å². The van der Waals surface area contributed by atoms with Gasteiger partial charge in [0.15, 0.2) is 0 Å². The van der Waals surface area contributed by atoms with Gasteiger partial charge in [-0.3, -0.25) is 14.4 Å². The number of hydrogen-bond acceptors (Lipinski definition) is 5. The van der Waals surface area contributed by atoms with Crippen molar-refractivity contribution >= 4 is 23.4 Å².